The zero-order valence-corrected chi connectivity index (χ0v) is 18.4. The molecule has 0 bridgehead atoms. The van der Waals surface area contributed by atoms with Crippen LogP contribution in [0.4, 0.5) is 18.9 Å². The molecule has 0 radical (unpaired) electrons. The zero-order chi connectivity index (χ0) is 22.1. The number of halogens is 5. The molecule has 0 spiro atoms. The summed E-state index contributed by atoms with van der Waals surface area (Å²) in [5, 5.41) is -0.321. The Balaban J connectivity index is 0.00000145. The van der Waals surface area contributed by atoms with Crippen molar-refractivity contribution < 1.29 is 27.4 Å². The van der Waals surface area contributed by atoms with E-state index in [0.29, 0.717) is 6.42 Å². The second-order valence-electron chi connectivity index (χ2n) is 5.94. The molecular weight excluding hydrogens is 477 g/mol. The van der Waals surface area contributed by atoms with E-state index >= 15 is 0 Å². The highest BCUT2D eigenvalue weighted by Crippen LogP contribution is 2.51. The summed E-state index contributed by atoms with van der Waals surface area (Å²) >= 11 is 9.07. The van der Waals surface area contributed by atoms with Gasteiger partial charge in [-0.3, -0.25) is 4.79 Å². The fraction of sp³-hybridized carbons (Fsp3) is 0.368. The van der Waals surface area contributed by atoms with Crippen molar-refractivity contribution >= 4 is 39.0 Å². The van der Waals surface area contributed by atoms with Crippen LogP contribution < -0.4 is 15.2 Å². The summed E-state index contributed by atoms with van der Waals surface area (Å²) in [5.74, 6) is -2.67. The SMILES string of the molecule is CC.CCC(C)C(=O)c1nc(-c2ccc(Br)c3c2OC(F)(F)O3)c(F)c(N)c1Cl. The third-order valence-electron chi connectivity index (χ3n) is 4.17. The van der Waals surface area contributed by atoms with E-state index in [-0.39, 0.29) is 26.5 Å². The Morgan fingerprint density at radius 1 is 1.31 bits per heavy atom. The molecule has 1 atom stereocenters. The number of Topliss-reactive ketones (excluding diaryl/α,β-unsaturated/α-hetero) is 1. The minimum Gasteiger partial charge on any atom is -0.395 e. The molecule has 158 valence electrons. The molecule has 1 aliphatic heterocycles. The van der Waals surface area contributed by atoms with E-state index in [9.17, 15) is 18.0 Å². The molecule has 1 aromatic carbocycles. The summed E-state index contributed by atoms with van der Waals surface area (Å²) in [4.78, 5) is 16.5. The number of carbonyl (C=O) groups excluding carboxylic acids is 1. The minimum atomic E-state index is -3.93. The molecule has 29 heavy (non-hydrogen) atoms. The molecule has 0 fully saturated rings. The molecule has 2 aromatic rings. The average Bonchev–Trinajstić information content (AvgIpc) is 3.03. The predicted octanol–water partition coefficient (Wildman–Crippen LogP) is 6.46. The van der Waals surface area contributed by atoms with Crippen molar-refractivity contribution in [1.82, 2.24) is 4.98 Å². The van der Waals surface area contributed by atoms with Crippen molar-refractivity contribution in [2.24, 2.45) is 5.92 Å². The molecule has 0 amide bonds. The molecule has 10 heteroatoms. The molecule has 2 heterocycles. The lowest BCUT2D eigenvalue weighted by atomic mass is 9.99. The first-order chi connectivity index (χ1) is 13.6. The van der Waals surface area contributed by atoms with Gasteiger partial charge in [0, 0.05) is 11.5 Å². The number of nitrogen functional groups attached to an aromatic ring is 1. The van der Waals surface area contributed by atoms with E-state index in [0.717, 1.165) is 0 Å². The second-order valence-corrected chi connectivity index (χ2v) is 7.18. The molecule has 1 unspecified atom stereocenters. The van der Waals surface area contributed by atoms with Gasteiger partial charge in [0.15, 0.2) is 23.1 Å². The van der Waals surface area contributed by atoms with Gasteiger partial charge in [0.2, 0.25) is 0 Å². The first-order valence-corrected chi connectivity index (χ1v) is 10.0. The Morgan fingerprint density at radius 3 is 2.48 bits per heavy atom. The van der Waals surface area contributed by atoms with E-state index in [2.05, 4.69) is 30.4 Å². The van der Waals surface area contributed by atoms with Gasteiger partial charge in [-0.25, -0.2) is 9.37 Å². The topological polar surface area (TPSA) is 74.4 Å². The number of rotatable bonds is 4. The summed E-state index contributed by atoms with van der Waals surface area (Å²) < 4.78 is 50.9. The van der Waals surface area contributed by atoms with Crippen molar-refractivity contribution in [3.05, 3.63) is 33.1 Å². The number of hydrogen-bond acceptors (Lipinski definition) is 5. The predicted molar refractivity (Wildman–Crippen MR) is 108 cm³/mol. The number of hydrogen-bond donors (Lipinski definition) is 1. The van der Waals surface area contributed by atoms with Crippen LogP contribution in [0.2, 0.25) is 5.02 Å². The third kappa shape index (κ3) is 4.30. The Hall–Kier alpha value is -2.00. The quantitative estimate of drug-likeness (QED) is 0.493. The first-order valence-electron chi connectivity index (χ1n) is 8.84. The highest BCUT2D eigenvalue weighted by molar-refractivity contribution is 9.10. The van der Waals surface area contributed by atoms with Gasteiger partial charge in [0.05, 0.1) is 15.2 Å². The molecule has 0 saturated heterocycles. The number of anilines is 1. The van der Waals surface area contributed by atoms with Crippen molar-refractivity contribution in [2.45, 2.75) is 40.4 Å². The van der Waals surface area contributed by atoms with E-state index in [1.54, 1.807) is 13.8 Å². The fourth-order valence-corrected chi connectivity index (χ4v) is 3.11. The maximum Gasteiger partial charge on any atom is 0.586 e. The molecule has 1 aromatic heterocycles. The van der Waals surface area contributed by atoms with Crippen LogP contribution in [0.25, 0.3) is 11.3 Å². The highest BCUT2D eigenvalue weighted by Gasteiger charge is 2.46. The lowest BCUT2D eigenvalue weighted by molar-refractivity contribution is -0.286. The Labute approximate surface area is 179 Å². The summed E-state index contributed by atoms with van der Waals surface area (Å²) in [6, 6.07) is 2.66. The Morgan fingerprint density at radius 2 is 1.90 bits per heavy atom. The molecule has 5 nitrogen and oxygen atoms in total. The van der Waals surface area contributed by atoms with Crippen molar-refractivity contribution in [3.8, 4) is 22.8 Å². The van der Waals surface area contributed by atoms with E-state index in [1.807, 2.05) is 13.8 Å². The number of ketones is 1. The van der Waals surface area contributed by atoms with Crippen molar-refractivity contribution in [1.29, 1.82) is 0 Å². The zero-order valence-electron chi connectivity index (χ0n) is 16.1. The van der Waals surface area contributed by atoms with Gasteiger partial charge >= 0.3 is 6.29 Å². The van der Waals surface area contributed by atoms with Crippen molar-refractivity contribution in [3.63, 3.8) is 0 Å². The smallest absolute Gasteiger partial charge is 0.395 e. The highest BCUT2D eigenvalue weighted by atomic mass is 79.9. The van der Waals surface area contributed by atoms with Crippen LogP contribution in [0.15, 0.2) is 16.6 Å². The number of alkyl halides is 2. The number of ether oxygens (including phenoxy) is 2. The molecular formula is C19H19BrClF3N2O3. The lowest BCUT2D eigenvalue weighted by Crippen LogP contribution is -2.26. The number of benzene rings is 1. The van der Waals surface area contributed by atoms with Gasteiger partial charge in [-0.1, -0.05) is 39.3 Å². The summed E-state index contributed by atoms with van der Waals surface area (Å²) in [5.41, 5.74) is 4.38. The van der Waals surface area contributed by atoms with Crippen LogP contribution in [0.5, 0.6) is 11.5 Å². The maximum atomic E-state index is 14.8. The summed E-state index contributed by atoms with van der Waals surface area (Å²) in [6.45, 7) is 7.45. The third-order valence-corrected chi connectivity index (χ3v) is 5.17. The number of pyridine rings is 1. The van der Waals surface area contributed by atoms with E-state index in [4.69, 9.17) is 17.3 Å². The van der Waals surface area contributed by atoms with Gasteiger partial charge in [-0.15, -0.1) is 8.78 Å². The number of nitrogens with two attached hydrogens (primary N) is 1. The van der Waals surface area contributed by atoms with Crippen molar-refractivity contribution in [2.75, 3.05) is 5.73 Å². The fourth-order valence-electron chi connectivity index (χ4n) is 2.50. The standard InChI is InChI=1S/C17H13BrClF3N2O3.C2H6/c1-3-6(2)14(25)13-9(19)11(23)10(20)12(24-13)7-4-5-8(18)16-15(7)26-17(21,22)27-16;1-2/h4-6H,3H2,1-2H3,(H2,23,24);1-2H3. The van der Waals surface area contributed by atoms with E-state index < -0.39 is 40.9 Å². The van der Waals surface area contributed by atoms with Crippen LogP contribution in [0.1, 0.15) is 44.6 Å². The normalized spacial score (nSPS) is 14.8. The summed E-state index contributed by atoms with van der Waals surface area (Å²) in [7, 11) is 0. The lowest BCUT2D eigenvalue weighted by Gasteiger charge is -2.14. The molecule has 3 rings (SSSR count). The number of aromatic nitrogens is 1. The Bertz CT molecular complexity index is 957. The van der Waals surface area contributed by atoms with Crippen LogP contribution in [0, 0.1) is 11.7 Å². The monoisotopic (exact) mass is 494 g/mol. The van der Waals surface area contributed by atoms with Gasteiger partial charge in [-0.2, -0.15) is 0 Å². The molecule has 0 saturated carbocycles. The summed E-state index contributed by atoms with van der Waals surface area (Å²) in [6.07, 6.45) is -3.43. The van der Waals surface area contributed by atoms with Crippen LogP contribution in [-0.2, 0) is 0 Å². The second kappa shape index (κ2) is 8.79. The molecule has 0 aliphatic carbocycles. The Kier molecular flexibility index (Phi) is 7.06. The maximum absolute atomic E-state index is 14.8. The first kappa shape index (κ1) is 23.3. The van der Waals surface area contributed by atoms with Crippen LogP contribution >= 0.6 is 27.5 Å². The number of fused-ring (bicyclic) bond motifs is 1. The van der Waals surface area contributed by atoms with Gasteiger partial charge < -0.3 is 15.2 Å². The van der Waals surface area contributed by atoms with Crippen LogP contribution in [0.3, 0.4) is 0 Å². The van der Waals surface area contributed by atoms with Crippen LogP contribution in [-0.4, -0.2) is 17.1 Å². The number of nitrogens with zero attached hydrogens (tertiary/aromatic N) is 1. The molecule has 2 N–H and O–H groups in total. The minimum absolute atomic E-state index is 0.149. The van der Waals surface area contributed by atoms with Gasteiger partial charge in [0.25, 0.3) is 0 Å². The van der Waals surface area contributed by atoms with Gasteiger partial charge in [0.1, 0.15) is 11.4 Å². The molecule has 1 aliphatic rings. The van der Waals surface area contributed by atoms with Gasteiger partial charge in [-0.05, 0) is 34.5 Å². The largest absolute Gasteiger partial charge is 0.586 e. The number of carbonyl (C=O) groups is 1. The average molecular weight is 496 g/mol. The van der Waals surface area contributed by atoms with E-state index in [1.165, 1.54) is 12.1 Å².